The van der Waals surface area contributed by atoms with Crippen molar-refractivity contribution >= 4 is 16.7 Å². The molecule has 4 nitrogen and oxygen atoms in total. The summed E-state index contributed by atoms with van der Waals surface area (Å²) in [6, 6.07) is 10.5. The molecule has 1 N–H and O–H groups in total. The molecule has 5 heteroatoms. The van der Waals surface area contributed by atoms with Crippen LogP contribution in [-0.4, -0.2) is 23.1 Å². The summed E-state index contributed by atoms with van der Waals surface area (Å²) in [5.41, 5.74) is 1.24. The van der Waals surface area contributed by atoms with Crippen LogP contribution in [0.1, 0.15) is 24.4 Å². The number of hydrogen-bond acceptors (Lipinski definition) is 5. The molecule has 0 aliphatic carbocycles. The molecule has 1 aromatic heterocycles. The molecule has 0 radical (unpaired) electrons. The molecule has 1 atom stereocenters. The summed E-state index contributed by atoms with van der Waals surface area (Å²) in [5.74, 6) is 0.838. The molecule has 1 unspecified atom stereocenters. The minimum absolute atomic E-state index is 0.231. The van der Waals surface area contributed by atoms with Gasteiger partial charge in [-0.25, -0.2) is 4.98 Å². The van der Waals surface area contributed by atoms with Crippen molar-refractivity contribution in [3.05, 3.63) is 41.7 Å². The minimum atomic E-state index is 0.231. The maximum Gasteiger partial charge on any atom is 0.203 e. The Hall–Kier alpha value is -1.46. The molecule has 2 aromatic rings. The molecule has 0 spiro atoms. The van der Waals surface area contributed by atoms with Crippen molar-refractivity contribution in [2.45, 2.75) is 19.4 Å². The summed E-state index contributed by atoms with van der Waals surface area (Å²) >= 11 is 1.40. The van der Waals surface area contributed by atoms with Crippen molar-refractivity contribution < 1.29 is 4.74 Å². The highest BCUT2D eigenvalue weighted by atomic mass is 32.1. The number of hydrogen-bond donors (Lipinski definition) is 1. The summed E-state index contributed by atoms with van der Waals surface area (Å²) in [4.78, 5) is 4.43. The molecule has 0 saturated carbocycles. The van der Waals surface area contributed by atoms with Crippen LogP contribution in [0.25, 0.3) is 0 Å². The minimum Gasteiger partial charge on any atom is -0.384 e. The van der Waals surface area contributed by atoms with Gasteiger partial charge in [0.15, 0.2) is 0 Å². The third kappa shape index (κ3) is 3.51. The van der Waals surface area contributed by atoms with Gasteiger partial charge >= 0.3 is 0 Å². The number of aromatic nitrogens is 2. The second-order valence-electron chi connectivity index (χ2n) is 4.04. The van der Waals surface area contributed by atoms with Crippen LogP contribution in [0, 0.1) is 0 Å². The van der Waals surface area contributed by atoms with Gasteiger partial charge in [0.05, 0.1) is 12.6 Å². The lowest BCUT2D eigenvalue weighted by atomic mass is 10.1. The van der Waals surface area contributed by atoms with E-state index in [0.717, 1.165) is 17.4 Å². The fourth-order valence-corrected chi connectivity index (χ4v) is 2.32. The van der Waals surface area contributed by atoms with Crippen LogP contribution in [0.3, 0.4) is 0 Å². The average Bonchev–Trinajstić information content (AvgIpc) is 2.85. The highest BCUT2D eigenvalue weighted by Gasteiger charge is 2.08. The predicted molar refractivity (Wildman–Crippen MR) is 74.0 cm³/mol. The fraction of sp³-hybridized carbons (Fsp3) is 0.385. The molecule has 0 aliphatic rings. The number of nitrogens with one attached hydrogen (secondary N) is 1. The van der Waals surface area contributed by atoms with E-state index in [1.54, 1.807) is 7.11 Å². The molecule has 0 saturated heterocycles. The summed E-state index contributed by atoms with van der Waals surface area (Å²) in [7, 11) is 1.68. The first-order chi connectivity index (χ1) is 8.79. The summed E-state index contributed by atoms with van der Waals surface area (Å²) in [6.45, 7) is 2.77. The van der Waals surface area contributed by atoms with Crippen LogP contribution in [0.2, 0.25) is 0 Å². The highest BCUT2D eigenvalue weighted by molar-refractivity contribution is 7.09. The van der Waals surface area contributed by atoms with Crippen LogP contribution in [-0.2, 0) is 11.2 Å². The van der Waals surface area contributed by atoms with Gasteiger partial charge < -0.3 is 10.1 Å². The third-order valence-electron chi connectivity index (χ3n) is 2.64. The van der Waals surface area contributed by atoms with Crippen molar-refractivity contribution in [1.82, 2.24) is 9.36 Å². The second kappa shape index (κ2) is 6.47. The van der Waals surface area contributed by atoms with Gasteiger partial charge in [0.25, 0.3) is 0 Å². The van der Waals surface area contributed by atoms with E-state index >= 15 is 0 Å². The zero-order valence-corrected chi connectivity index (χ0v) is 11.4. The maximum absolute atomic E-state index is 5.01. The molecule has 0 amide bonds. The largest absolute Gasteiger partial charge is 0.384 e. The Kier molecular flexibility index (Phi) is 4.66. The van der Waals surface area contributed by atoms with Gasteiger partial charge in [-0.1, -0.05) is 30.3 Å². The Bertz CT molecular complexity index is 472. The second-order valence-corrected chi connectivity index (χ2v) is 4.79. The Morgan fingerprint density at radius 2 is 2.11 bits per heavy atom. The first kappa shape index (κ1) is 13.0. The van der Waals surface area contributed by atoms with Crippen LogP contribution in [0.15, 0.2) is 30.3 Å². The van der Waals surface area contributed by atoms with Crippen LogP contribution in [0.4, 0.5) is 5.13 Å². The fourth-order valence-electron chi connectivity index (χ4n) is 1.62. The molecule has 18 heavy (non-hydrogen) atoms. The average molecular weight is 263 g/mol. The molecule has 0 aliphatic heterocycles. The Morgan fingerprint density at radius 1 is 1.33 bits per heavy atom. The molecule has 1 heterocycles. The van der Waals surface area contributed by atoms with Gasteiger partial charge in [-0.3, -0.25) is 0 Å². The lowest BCUT2D eigenvalue weighted by Crippen LogP contribution is -2.06. The predicted octanol–water partition coefficient (Wildman–Crippen LogP) is 2.90. The zero-order chi connectivity index (χ0) is 12.8. The number of benzene rings is 1. The summed E-state index contributed by atoms with van der Waals surface area (Å²) < 4.78 is 9.30. The zero-order valence-electron chi connectivity index (χ0n) is 10.6. The van der Waals surface area contributed by atoms with E-state index < -0.39 is 0 Å². The molecule has 0 fully saturated rings. The quantitative estimate of drug-likeness (QED) is 0.870. The number of ether oxygens (including phenoxy) is 1. The van der Waals surface area contributed by atoms with Gasteiger partial charge in [0.2, 0.25) is 5.13 Å². The van der Waals surface area contributed by atoms with Crippen molar-refractivity contribution in [1.29, 1.82) is 0 Å². The van der Waals surface area contributed by atoms with Crippen LogP contribution < -0.4 is 5.32 Å². The number of methoxy groups -OCH3 is 1. The molecule has 96 valence electrons. The van der Waals surface area contributed by atoms with Crippen molar-refractivity contribution in [3.63, 3.8) is 0 Å². The van der Waals surface area contributed by atoms with E-state index in [4.69, 9.17) is 4.74 Å². The van der Waals surface area contributed by atoms with Crippen LogP contribution >= 0.6 is 11.5 Å². The Labute approximate surface area is 111 Å². The van der Waals surface area contributed by atoms with Gasteiger partial charge in [-0.2, -0.15) is 4.37 Å². The van der Waals surface area contributed by atoms with E-state index in [-0.39, 0.29) is 6.04 Å². The van der Waals surface area contributed by atoms with Crippen molar-refractivity contribution in [2.75, 3.05) is 19.0 Å². The number of anilines is 1. The van der Waals surface area contributed by atoms with E-state index in [1.807, 2.05) is 18.2 Å². The normalized spacial score (nSPS) is 12.3. The lowest BCUT2D eigenvalue weighted by Gasteiger charge is -2.12. The SMILES string of the molecule is COCCc1nsc(NC(C)c2ccccc2)n1. The van der Waals surface area contributed by atoms with Crippen molar-refractivity contribution in [3.8, 4) is 0 Å². The van der Waals surface area contributed by atoms with Crippen molar-refractivity contribution in [2.24, 2.45) is 0 Å². The van der Waals surface area contributed by atoms with Gasteiger partial charge in [0.1, 0.15) is 5.82 Å². The highest BCUT2D eigenvalue weighted by Crippen LogP contribution is 2.20. The Balaban J connectivity index is 1.95. The first-order valence-electron chi connectivity index (χ1n) is 5.92. The molecular weight excluding hydrogens is 246 g/mol. The number of nitrogens with zero attached hydrogens (tertiary/aromatic N) is 2. The first-order valence-corrected chi connectivity index (χ1v) is 6.70. The van der Waals surface area contributed by atoms with Gasteiger partial charge in [0, 0.05) is 25.1 Å². The standard InChI is InChI=1S/C13H17N3OS/c1-10(11-6-4-3-5-7-11)14-13-15-12(16-18-13)8-9-17-2/h3-7,10H,8-9H2,1-2H3,(H,14,15,16). The molecule has 0 bridgehead atoms. The van der Waals surface area contributed by atoms with Gasteiger partial charge in [-0.05, 0) is 12.5 Å². The summed E-state index contributed by atoms with van der Waals surface area (Å²) in [6.07, 6.45) is 0.758. The van der Waals surface area contributed by atoms with E-state index in [2.05, 4.69) is 33.7 Å². The van der Waals surface area contributed by atoms with E-state index in [0.29, 0.717) is 6.61 Å². The topological polar surface area (TPSA) is 47.0 Å². The monoisotopic (exact) mass is 263 g/mol. The third-order valence-corrected chi connectivity index (χ3v) is 3.32. The lowest BCUT2D eigenvalue weighted by molar-refractivity contribution is 0.201. The smallest absolute Gasteiger partial charge is 0.203 e. The van der Waals surface area contributed by atoms with E-state index in [9.17, 15) is 0 Å². The Morgan fingerprint density at radius 3 is 2.83 bits per heavy atom. The van der Waals surface area contributed by atoms with Crippen LogP contribution in [0.5, 0.6) is 0 Å². The molecular formula is C13H17N3OS. The summed E-state index contributed by atoms with van der Waals surface area (Å²) in [5, 5.41) is 4.22. The molecule has 1 aromatic carbocycles. The molecule has 2 rings (SSSR count). The maximum atomic E-state index is 5.01. The van der Waals surface area contributed by atoms with E-state index in [1.165, 1.54) is 17.1 Å². The number of rotatable bonds is 6. The van der Waals surface area contributed by atoms with Gasteiger partial charge in [-0.15, -0.1) is 0 Å².